The van der Waals surface area contributed by atoms with E-state index in [1.807, 2.05) is 19.9 Å². The molecule has 1 heteroatoms. The lowest BCUT2D eigenvalue weighted by Crippen LogP contribution is -2.23. The molecule has 0 heterocycles. The van der Waals surface area contributed by atoms with Gasteiger partial charge in [0.15, 0.2) is 5.78 Å². The third kappa shape index (κ3) is 1.13. The molecule has 0 aromatic heterocycles. The zero-order valence-electron chi connectivity index (χ0n) is 6.85. The number of hydrogen-bond acceptors (Lipinski definition) is 1. The van der Waals surface area contributed by atoms with Gasteiger partial charge in [-0.3, -0.25) is 4.79 Å². The Labute approximate surface area is 62.1 Å². The Kier molecular flexibility index (Phi) is 1.93. The third-order valence-electron chi connectivity index (χ3n) is 2.45. The summed E-state index contributed by atoms with van der Waals surface area (Å²) in [5, 5.41) is 0. The van der Waals surface area contributed by atoms with Gasteiger partial charge in [0, 0.05) is 5.92 Å². The molecule has 0 spiro atoms. The maximum Gasteiger partial charge on any atom is 0.161 e. The van der Waals surface area contributed by atoms with Crippen LogP contribution in [0.5, 0.6) is 0 Å². The Bertz CT molecular complexity index is 179. The van der Waals surface area contributed by atoms with Crippen molar-refractivity contribution in [1.29, 1.82) is 0 Å². The summed E-state index contributed by atoms with van der Waals surface area (Å²) in [5.74, 6) is 1.11. The molecule has 1 aliphatic carbocycles. The average Bonchev–Trinajstić information content (AvgIpc) is 1.93. The van der Waals surface area contributed by atoms with E-state index in [1.54, 1.807) is 0 Å². The van der Waals surface area contributed by atoms with Gasteiger partial charge in [-0.2, -0.15) is 0 Å². The molecule has 0 fully saturated rings. The Morgan fingerprint density at radius 2 is 2.10 bits per heavy atom. The van der Waals surface area contributed by atoms with Crippen molar-refractivity contribution in [3.8, 4) is 0 Å². The van der Waals surface area contributed by atoms with Gasteiger partial charge in [-0.15, -0.1) is 0 Å². The van der Waals surface area contributed by atoms with Crippen molar-refractivity contribution in [3.63, 3.8) is 0 Å². The number of ketones is 1. The van der Waals surface area contributed by atoms with Gasteiger partial charge in [0.05, 0.1) is 0 Å². The first-order valence-electron chi connectivity index (χ1n) is 3.84. The van der Waals surface area contributed by atoms with Gasteiger partial charge in [0.2, 0.25) is 0 Å². The molecule has 1 aliphatic rings. The first kappa shape index (κ1) is 7.52. The van der Waals surface area contributed by atoms with E-state index in [4.69, 9.17) is 0 Å². The Morgan fingerprint density at radius 3 is 2.60 bits per heavy atom. The summed E-state index contributed by atoms with van der Waals surface area (Å²) in [4.78, 5) is 11.3. The summed E-state index contributed by atoms with van der Waals surface area (Å²) in [6, 6.07) is 0. The fourth-order valence-electron chi connectivity index (χ4n) is 1.28. The highest BCUT2D eigenvalue weighted by Crippen LogP contribution is 2.25. The largest absolute Gasteiger partial charge is 0.294 e. The fraction of sp³-hybridized carbons (Fsp3) is 0.667. The van der Waals surface area contributed by atoms with Gasteiger partial charge in [-0.25, -0.2) is 0 Å². The van der Waals surface area contributed by atoms with Crippen molar-refractivity contribution in [1.82, 2.24) is 0 Å². The number of carbonyl (C=O) groups excluding carboxylic acids is 1. The minimum Gasteiger partial charge on any atom is -0.294 e. The molecule has 0 radical (unpaired) electrons. The summed E-state index contributed by atoms with van der Waals surface area (Å²) in [6.45, 7) is 6.06. The maximum atomic E-state index is 11.3. The lowest BCUT2D eigenvalue weighted by atomic mass is 9.81. The van der Waals surface area contributed by atoms with E-state index < -0.39 is 0 Å². The van der Waals surface area contributed by atoms with Crippen LogP contribution in [0.25, 0.3) is 0 Å². The van der Waals surface area contributed by atoms with Gasteiger partial charge < -0.3 is 0 Å². The van der Waals surface area contributed by atoms with Crippen molar-refractivity contribution in [3.05, 3.63) is 11.6 Å². The summed E-state index contributed by atoms with van der Waals surface area (Å²) < 4.78 is 0. The number of allylic oxidation sites excluding steroid dienone is 2. The Hall–Kier alpha value is -0.590. The predicted molar refractivity (Wildman–Crippen MR) is 41.7 cm³/mol. The normalized spacial score (nSPS) is 33.9. The summed E-state index contributed by atoms with van der Waals surface area (Å²) in [5.41, 5.74) is 0.950. The Morgan fingerprint density at radius 1 is 1.50 bits per heavy atom. The van der Waals surface area contributed by atoms with Crippen LogP contribution in [-0.2, 0) is 4.79 Å². The predicted octanol–water partition coefficient (Wildman–Crippen LogP) is 2.18. The molecular weight excluding hydrogens is 124 g/mol. The molecule has 0 aromatic carbocycles. The van der Waals surface area contributed by atoms with Crippen molar-refractivity contribution >= 4 is 5.78 Å². The molecule has 0 saturated carbocycles. The van der Waals surface area contributed by atoms with Crippen LogP contribution >= 0.6 is 0 Å². The summed E-state index contributed by atoms with van der Waals surface area (Å²) >= 11 is 0. The molecule has 0 aliphatic heterocycles. The van der Waals surface area contributed by atoms with E-state index in [9.17, 15) is 4.79 Å². The SMILES string of the molecule is CC1=CC[C@H](C)[C@@H](C)C1=O. The average molecular weight is 138 g/mol. The minimum atomic E-state index is 0.241. The Balaban J connectivity index is 2.81. The molecule has 0 unspecified atom stereocenters. The third-order valence-corrected chi connectivity index (χ3v) is 2.45. The van der Waals surface area contributed by atoms with Crippen LogP contribution in [-0.4, -0.2) is 5.78 Å². The molecular formula is C9H14O. The number of rotatable bonds is 0. The monoisotopic (exact) mass is 138 g/mol. The van der Waals surface area contributed by atoms with Crippen LogP contribution in [0, 0.1) is 11.8 Å². The molecule has 0 aromatic rings. The summed E-state index contributed by atoms with van der Waals surface area (Å²) in [7, 11) is 0. The van der Waals surface area contributed by atoms with E-state index in [0.29, 0.717) is 11.7 Å². The van der Waals surface area contributed by atoms with E-state index in [-0.39, 0.29) is 5.92 Å². The highest BCUT2D eigenvalue weighted by Gasteiger charge is 2.24. The molecule has 1 nitrogen and oxygen atoms in total. The molecule has 2 atom stereocenters. The van der Waals surface area contributed by atoms with Gasteiger partial charge in [0.1, 0.15) is 0 Å². The van der Waals surface area contributed by atoms with Crippen LogP contribution in [0.3, 0.4) is 0 Å². The van der Waals surface area contributed by atoms with Crippen molar-refractivity contribution in [2.45, 2.75) is 27.2 Å². The standard InChI is InChI=1S/C9H14O/c1-6-4-5-7(2)9(10)8(6)3/h5-6,8H,4H2,1-3H3/t6-,8+/m0/s1. The lowest BCUT2D eigenvalue weighted by Gasteiger charge is -2.22. The van der Waals surface area contributed by atoms with Gasteiger partial charge in [0.25, 0.3) is 0 Å². The second-order valence-electron chi connectivity index (χ2n) is 3.25. The molecule has 1 rings (SSSR count). The maximum absolute atomic E-state index is 11.3. The minimum absolute atomic E-state index is 0.241. The first-order valence-corrected chi connectivity index (χ1v) is 3.84. The van der Waals surface area contributed by atoms with Crippen LogP contribution in [0.1, 0.15) is 27.2 Å². The van der Waals surface area contributed by atoms with Gasteiger partial charge in [-0.1, -0.05) is 19.9 Å². The topological polar surface area (TPSA) is 17.1 Å². The summed E-state index contributed by atoms with van der Waals surface area (Å²) in [6.07, 6.45) is 3.12. The first-order chi connectivity index (χ1) is 4.63. The second kappa shape index (κ2) is 2.57. The highest BCUT2D eigenvalue weighted by atomic mass is 16.1. The number of hydrogen-bond donors (Lipinski definition) is 0. The van der Waals surface area contributed by atoms with Crippen LogP contribution < -0.4 is 0 Å². The van der Waals surface area contributed by atoms with Crippen LogP contribution in [0.15, 0.2) is 11.6 Å². The smallest absolute Gasteiger partial charge is 0.161 e. The fourth-order valence-corrected chi connectivity index (χ4v) is 1.28. The highest BCUT2D eigenvalue weighted by molar-refractivity contribution is 5.97. The van der Waals surface area contributed by atoms with Gasteiger partial charge in [-0.05, 0) is 24.8 Å². The van der Waals surface area contributed by atoms with Crippen LogP contribution in [0.4, 0.5) is 0 Å². The van der Waals surface area contributed by atoms with E-state index in [0.717, 1.165) is 12.0 Å². The number of Topliss-reactive ketones (excluding diaryl/α,β-unsaturated/α-hetero) is 1. The van der Waals surface area contributed by atoms with Crippen molar-refractivity contribution in [2.75, 3.05) is 0 Å². The number of carbonyl (C=O) groups is 1. The quantitative estimate of drug-likeness (QED) is 0.501. The zero-order chi connectivity index (χ0) is 7.72. The van der Waals surface area contributed by atoms with E-state index >= 15 is 0 Å². The molecule has 0 N–H and O–H groups in total. The molecule has 10 heavy (non-hydrogen) atoms. The van der Waals surface area contributed by atoms with E-state index in [1.165, 1.54) is 0 Å². The molecule has 0 bridgehead atoms. The van der Waals surface area contributed by atoms with Crippen molar-refractivity contribution in [2.24, 2.45) is 11.8 Å². The van der Waals surface area contributed by atoms with Crippen LogP contribution in [0.2, 0.25) is 0 Å². The zero-order valence-corrected chi connectivity index (χ0v) is 6.85. The molecule has 56 valence electrons. The molecule has 0 amide bonds. The lowest BCUT2D eigenvalue weighted by molar-refractivity contribution is -0.120. The van der Waals surface area contributed by atoms with E-state index in [2.05, 4.69) is 6.92 Å². The van der Waals surface area contributed by atoms with Crippen molar-refractivity contribution < 1.29 is 4.79 Å². The second-order valence-corrected chi connectivity index (χ2v) is 3.25. The van der Waals surface area contributed by atoms with Gasteiger partial charge >= 0.3 is 0 Å². The molecule has 0 saturated heterocycles.